The van der Waals surface area contributed by atoms with Gasteiger partial charge in [-0.15, -0.1) is 0 Å². The average Bonchev–Trinajstić information content (AvgIpc) is 2.98. The molecule has 1 amide bonds. The minimum atomic E-state index is -0.335. The first-order chi connectivity index (χ1) is 18.3. The number of amides is 1. The van der Waals surface area contributed by atoms with Gasteiger partial charge in [0.05, 0.1) is 17.9 Å². The van der Waals surface area contributed by atoms with Gasteiger partial charge in [-0.1, -0.05) is 97.1 Å². The van der Waals surface area contributed by atoms with Crippen molar-refractivity contribution in [2.45, 2.75) is 18.9 Å². The summed E-state index contributed by atoms with van der Waals surface area (Å²) < 4.78 is 0. The van der Waals surface area contributed by atoms with Gasteiger partial charge in [0.15, 0.2) is 0 Å². The molecule has 1 saturated heterocycles. The highest BCUT2D eigenvalue weighted by atomic mass is 16.2. The molecule has 1 fully saturated rings. The molecule has 0 bridgehead atoms. The van der Waals surface area contributed by atoms with Crippen molar-refractivity contribution < 1.29 is 4.79 Å². The summed E-state index contributed by atoms with van der Waals surface area (Å²) in [6, 6.07) is 28.6. The number of nitrogens with zero attached hydrogens (tertiary/aromatic N) is 3. The van der Waals surface area contributed by atoms with Gasteiger partial charge in [0.25, 0.3) is 0 Å². The van der Waals surface area contributed by atoms with Crippen LogP contribution in [0.1, 0.15) is 35.7 Å². The molecule has 1 atom stereocenters. The topological polar surface area (TPSA) is 58.1 Å². The van der Waals surface area contributed by atoms with Crippen molar-refractivity contribution in [2.24, 2.45) is 5.92 Å². The highest BCUT2D eigenvalue weighted by molar-refractivity contribution is 5.79. The van der Waals surface area contributed by atoms with Crippen molar-refractivity contribution in [3.05, 3.63) is 126 Å². The summed E-state index contributed by atoms with van der Waals surface area (Å²) in [5.41, 5.74) is 5.26. The van der Waals surface area contributed by atoms with E-state index in [1.54, 1.807) is 18.6 Å². The fraction of sp³-hybridized carbons (Fsp3) is 0.219. The van der Waals surface area contributed by atoms with Crippen LogP contribution in [0.25, 0.3) is 17.2 Å². The number of piperidine rings is 1. The van der Waals surface area contributed by atoms with E-state index in [1.165, 1.54) is 11.1 Å². The van der Waals surface area contributed by atoms with E-state index >= 15 is 0 Å². The monoisotopic (exact) mass is 488 g/mol. The van der Waals surface area contributed by atoms with Crippen LogP contribution in [0.15, 0.2) is 110 Å². The Hall–Kier alpha value is -4.09. The van der Waals surface area contributed by atoms with Gasteiger partial charge in [0.2, 0.25) is 5.91 Å². The van der Waals surface area contributed by atoms with E-state index in [2.05, 4.69) is 93.0 Å². The molecule has 1 unspecified atom stereocenters. The first-order valence-electron chi connectivity index (χ1n) is 12.9. The van der Waals surface area contributed by atoms with Crippen molar-refractivity contribution in [1.29, 1.82) is 0 Å². The van der Waals surface area contributed by atoms with Crippen LogP contribution >= 0.6 is 0 Å². The zero-order valence-corrected chi connectivity index (χ0v) is 20.9. The Morgan fingerprint density at radius 3 is 2.24 bits per heavy atom. The van der Waals surface area contributed by atoms with Crippen LogP contribution < -0.4 is 5.32 Å². The van der Waals surface area contributed by atoms with Gasteiger partial charge in [-0.2, -0.15) is 0 Å². The molecule has 0 aliphatic carbocycles. The molecule has 0 saturated carbocycles. The zero-order valence-electron chi connectivity index (χ0n) is 20.9. The van der Waals surface area contributed by atoms with Gasteiger partial charge in [-0.05, 0) is 48.2 Å². The third kappa shape index (κ3) is 6.57. The quantitative estimate of drug-likeness (QED) is 0.342. The van der Waals surface area contributed by atoms with Crippen LogP contribution in [0.3, 0.4) is 0 Å². The molecule has 2 heterocycles. The average molecular weight is 489 g/mol. The maximum Gasteiger partial charge on any atom is 0.224 e. The lowest BCUT2D eigenvalue weighted by Crippen LogP contribution is -2.42. The Morgan fingerprint density at radius 2 is 1.57 bits per heavy atom. The van der Waals surface area contributed by atoms with E-state index in [9.17, 15) is 4.79 Å². The smallest absolute Gasteiger partial charge is 0.224 e. The van der Waals surface area contributed by atoms with E-state index < -0.39 is 0 Å². The lowest BCUT2D eigenvalue weighted by molar-refractivity contribution is -0.126. The van der Waals surface area contributed by atoms with Gasteiger partial charge in [0.1, 0.15) is 0 Å². The predicted octanol–water partition coefficient (Wildman–Crippen LogP) is 5.77. The zero-order chi connectivity index (χ0) is 25.3. The van der Waals surface area contributed by atoms with Crippen LogP contribution in [0, 0.1) is 5.92 Å². The lowest BCUT2D eigenvalue weighted by atomic mass is 9.94. The lowest BCUT2D eigenvalue weighted by Gasteiger charge is -2.31. The molecule has 5 nitrogen and oxygen atoms in total. The second-order valence-corrected chi connectivity index (χ2v) is 9.45. The highest BCUT2D eigenvalue weighted by Crippen LogP contribution is 2.26. The summed E-state index contributed by atoms with van der Waals surface area (Å²) in [4.78, 5) is 24.5. The third-order valence-corrected chi connectivity index (χ3v) is 6.95. The molecule has 1 aliphatic heterocycles. The molecular weight excluding hydrogens is 456 g/mol. The van der Waals surface area contributed by atoms with Gasteiger partial charge in [-0.3, -0.25) is 19.7 Å². The molecule has 0 spiro atoms. The SMILES string of the molecule is O=C(NC(c1ccc(-c2ccccc2)cc1)c1cnccn1)C1CCN(C/C=C/c2ccccc2)CC1. The number of hydrogen-bond donors (Lipinski definition) is 1. The molecule has 186 valence electrons. The summed E-state index contributed by atoms with van der Waals surface area (Å²) in [5.74, 6) is 0.0828. The number of nitrogens with one attached hydrogen (secondary N) is 1. The maximum atomic E-state index is 13.4. The molecule has 3 aromatic carbocycles. The van der Waals surface area contributed by atoms with Crippen molar-refractivity contribution in [2.75, 3.05) is 19.6 Å². The number of carbonyl (C=O) groups excluding carboxylic acids is 1. The summed E-state index contributed by atoms with van der Waals surface area (Å²) in [6.45, 7) is 2.73. The van der Waals surface area contributed by atoms with Crippen LogP contribution in [0.4, 0.5) is 0 Å². The molecule has 1 aromatic heterocycles. The summed E-state index contributed by atoms with van der Waals surface area (Å²) in [5, 5.41) is 3.28. The van der Waals surface area contributed by atoms with Crippen molar-refractivity contribution in [1.82, 2.24) is 20.2 Å². The normalized spacial score (nSPS) is 15.5. The van der Waals surface area contributed by atoms with E-state index in [0.29, 0.717) is 0 Å². The number of carbonyl (C=O) groups is 1. The first kappa shape index (κ1) is 24.6. The predicted molar refractivity (Wildman–Crippen MR) is 149 cm³/mol. The van der Waals surface area contributed by atoms with Gasteiger partial charge < -0.3 is 5.32 Å². The number of rotatable bonds is 8. The summed E-state index contributed by atoms with van der Waals surface area (Å²) in [6.07, 6.45) is 11.1. The molecule has 5 rings (SSSR count). The second kappa shape index (κ2) is 12.2. The molecule has 4 aromatic rings. The minimum Gasteiger partial charge on any atom is -0.343 e. The molecule has 5 heteroatoms. The van der Waals surface area contributed by atoms with E-state index in [0.717, 1.165) is 49.3 Å². The molecule has 37 heavy (non-hydrogen) atoms. The van der Waals surface area contributed by atoms with Gasteiger partial charge >= 0.3 is 0 Å². The van der Waals surface area contributed by atoms with Crippen molar-refractivity contribution in [3.63, 3.8) is 0 Å². The second-order valence-electron chi connectivity index (χ2n) is 9.45. The molecule has 1 N–H and O–H groups in total. The van der Waals surface area contributed by atoms with Crippen LogP contribution in [0.5, 0.6) is 0 Å². The Balaban J connectivity index is 1.22. The molecular formula is C32H32N4O. The Bertz CT molecular complexity index is 1280. The van der Waals surface area contributed by atoms with Crippen molar-refractivity contribution in [3.8, 4) is 11.1 Å². The largest absolute Gasteiger partial charge is 0.343 e. The first-order valence-corrected chi connectivity index (χ1v) is 12.9. The van der Waals surface area contributed by atoms with E-state index in [-0.39, 0.29) is 17.9 Å². The Labute approximate surface area is 218 Å². The van der Waals surface area contributed by atoms with E-state index in [1.807, 2.05) is 24.3 Å². The fourth-order valence-electron chi connectivity index (χ4n) is 4.83. The molecule has 1 aliphatic rings. The van der Waals surface area contributed by atoms with Gasteiger partial charge in [-0.25, -0.2) is 0 Å². The number of likely N-dealkylation sites (tertiary alicyclic amines) is 1. The van der Waals surface area contributed by atoms with Gasteiger partial charge in [0, 0.05) is 24.9 Å². The maximum absolute atomic E-state index is 13.4. The van der Waals surface area contributed by atoms with Crippen molar-refractivity contribution >= 4 is 12.0 Å². The number of aromatic nitrogens is 2. The van der Waals surface area contributed by atoms with Crippen LogP contribution in [-0.4, -0.2) is 40.4 Å². The standard InChI is InChI=1S/C32H32N4O/c37-32(29-17-22-36(23-18-29)21-7-10-25-8-3-1-4-9-25)35-31(30-24-33-19-20-34-30)28-15-13-27(14-16-28)26-11-5-2-6-12-26/h1-16,19-20,24,29,31H,17-18,21-23H2,(H,35,37)/b10-7+. The summed E-state index contributed by atoms with van der Waals surface area (Å²) in [7, 11) is 0. The van der Waals surface area contributed by atoms with Crippen LogP contribution in [0.2, 0.25) is 0 Å². The summed E-state index contributed by atoms with van der Waals surface area (Å²) >= 11 is 0. The minimum absolute atomic E-state index is 0.00267. The third-order valence-electron chi connectivity index (χ3n) is 6.95. The highest BCUT2D eigenvalue weighted by Gasteiger charge is 2.27. The number of hydrogen-bond acceptors (Lipinski definition) is 4. The Morgan fingerprint density at radius 1 is 0.892 bits per heavy atom. The van der Waals surface area contributed by atoms with Crippen LogP contribution in [-0.2, 0) is 4.79 Å². The number of benzene rings is 3. The van der Waals surface area contributed by atoms with E-state index in [4.69, 9.17) is 0 Å². The Kier molecular flexibility index (Phi) is 8.14. The fourth-order valence-corrected chi connectivity index (χ4v) is 4.83. The molecule has 0 radical (unpaired) electrons.